The molecule has 3 aromatic carbocycles. The molecule has 1 aliphatic rings. The van der Waals surface area contributed by atoms with Gasteiger partial charge in [0.05, 0.1) is 13.1 Å². The van der Waals surface area contributed by atoms with E-state index in [9.17, 15) is 0 Å². The number of nitrogens with zero attached hydrogens (tertiary/aromatic N) is 6. The predicted octanol–water partition coefficient (Wildman–Crippen LogP) is 8.97. The van der Waals surface area contributed by atoms with E-state index in [1.54, 1.807) is 18.2 Å². The van der Waals surface area contributed by atoms with E-state index < -0.39 is 0 Å². The molecule has 0 atom stereocenters. The third-order valence-corrected chi connectivity index (χ3v) is 5.81. The lowest BCUT2D eigenvalue weighted by molar-refractivity contribution is 0.198. The summed E-state index contributed by atoms with van der Waals surface area (Å²) in [6.07, 6.45) is 2.56. The summed E-state index contributed by atoms with van der Waals surface area (Å²) in [4.78, 5) is 5.30. The van der Waals surface area contributed by atoms with Gasteiger partial charge < -0.3 is 16.2 Å². The minimum absolute atomic E-state index is 0.236. The van der Waals surface area contributed by atoms with Crippen molar-refractivity contribution in [2.24, 2.45) is 21.7 Å². The Balaban J connectivity index is 0.000000282. The maximum atomic E-state index is 8.17. The van der Waals surface area contributed by atoms with Crippen LogP contribution in [0.15, 0.2) is 64.8 Å². The van der Waals surface area contributed by atoms with E-state index >= 15 is 0 Å². The maximum absolute atomic E-state index is 8.17. The number of ether oxygens (including phenoxy) is 1. The monoisotopic (exact) mass is 604 g/mol. The molecule has 0 radical (unpaired) electrons. The molecule has 214 valence electrons. The van der Waals surface area contributed by atoms with Gasteiger partial charge in [-0.25, -0.2) is 0 Å². The lowest BCUT2D eigenvalue weighted by Crippen LogP contribution is -2.00. The molecule has 3 aromatic rings. The van der Waals surface area contributed by atoms with E-state index in [1.165, 1.54) is 24.0 Å². The van der Waals surface area contributed by atoms with Gasteiger partial charge in [-0.2, -0.15) is 0 Å². The van der Waals surface area contributed by atoms with Gasteiger partial charge in [-0.15, -0.1) is 0 Å². The molecule has 9 nitrogen and oxygen atoms in total. The molecule has 4 N–H and O–H groups in total. The molecule has 1 heterocycles. The molecule has 1 aliphatic heterocycles. The Hall–Kier alpha value is -2.97. The van der Waals surface area contributed by atoms with Crippen LogP contribution >= 0.6 is 34.8 Å². The van der Waals surface area contributed by atoms with Crippen molar-refractivity contribution in [2.75, 3.05) is 13.2 Å². The number of nitrogens with two attached hydrogens (primary N) is 2. The minimum Gasteiger partial charge on any atom is -0.381 e. The van der Waals surface area contributed by atoms with E-state index in [4.69, 9.17) is 62.1 Å². The second-order valence-electron chi connectivity index (χ2n) is 8.75. The second-order valence-corrected chi connectivity index (χ2v) is 10.1. The van der Waals surface area contributed by atoms with Crippen molar-refractivity contribution in [2.45, 2.75) is 52.9 Å². The van der Waals surface area contributed by atoms with Gasteiger partial charge in [0.25, 0.3) is 0 Å². The number of aryl methyl sites for hydroxylation is 2. The van der Waals surface area contributed by atoms with Gasteiger partial charge >= 0.3 is 0 Å². The Labute approximate surface area is 250 Å². The second kappa shape index (κ2) is 20.9. The molecule has 4 rings (SSSR count). The summed E-state index contributed by atoms with van der Waals surface area (Å²) in [7, 11) is 0. The Morgan fingerprint density at radius 3 is 1.35 bits per heavy atom. The van der Waals surface area contributed by atoms with Gasteiger partial charge in [-0.1, -0.05) is 63.2 Å². The molecule has 40 heavy (non-hydrogen) atoms. The van der Waals surface area contributed by atoms with Crippen molar-refractivity contribution >= 4 is 34.8 Å². The maximum Gasteiger partial charge on any atom is 0.0511 e. The Kier molecular flexibility index (Phi) is 18.3. The lowest BCUT2D eigenvalue weighted by Gasteiger charge is -2.01. The summed E-state index contributed by atoms with van der Waals surface area (Å²) < 4.78 is 4.94. The zero-order valence-corrected chi connectivity index (χ0v) is 25.0. The van der Waals surface area contributed by atoms with E-state index in [0.717, 1.165) is 40.5 Å². The van der Waals surface area contributed by atoms with Crippen LogP contribution in [0.5, 0.6) is 0 Å². The molecule has 0 aliphatic carbocycles. The highest BCUT2D eigenvalue weighted by Gasteiger charge is 1.99. The summed E-state index contributed by atoms with van der Waals surface area (Å²) in [6.45, 7) is 7.57. The Bertz CT molecular complexity index is 1170. The number of azide groups is 2. The van der Waals surface area contributed by atoms with Crippen LogP contribution in [-0.4, -0.2) is 13.2 Å². The first kappa shape index (κ1) is 35.1. The molecule has 12 heteroatoms. The van der Waals surface area contributed by atoms with Crippen LogP contribution in [-0.2, 0) is 30.9 Å². The zero-order chi connectivity index (χ0) is 29.8. The van der Waals surface area contributed by atoms with Crippen molar-refractivity contribution in [1.82, 2.24) is 0 Å². The molecular formula is C28H35Cl3N8O. The highest BCUT2D eigenvalue weighted by atomic mass is 35.5. The van der Waals surface area contributed by atoms with Gasteiger partial charge in [0, 0.05) is 51.2 Å². The van der Waals surface area contributed by atoms with Crippen LogP contribution in [0.3, 0.4) is 0 Å². The minimum atomic E-state index is 0.236. The molecule has 0 saturated carbocycles. The molecule has 1 fully saturated rings. The zero-order valence-electron chi connectivity index (χ0n) is 22.7. The van der Waals surface area contributed by atoms with Crippen LogP contribution in [0.1, 0.15) is 46.2 Å². The quantitative estimate of drug-likeness (QED) is 0.163. The van der Waals surface area contributed by atoms with E-state index in [0.29, 0.717) is 23.1 Å². The van der Waals surface area contributed by atoms with Crippen LogP contribution < -0.4 is 11.5 Å². The number of hydrogen-bond donors (Lipinski definition) is 2. The van der Waals surface area contributed by atoms with Crippen molar-refractivity contribution in [3.05, 3.63) is 124 Å². The van der Waals surface area contributed by atoms with E-state index in [1.807, 2.05) is 44.2 Å². The normalized spacial score (nSPS) is 11.3. The van der Waals surface area contributed by atoms with Crippen LogP contribution in [0.2, 0.25) is 15.1 Å². The molecular weight excluding hydrogens is 571 g/mol. The largest absolute Gasteiger partial charge is 0.381 e. The van der Waals surface area contributed by atoms with Gasteiger partial charge in [-0.3, -0.25) is 0 Å². The first-order valence-corrected chi connectivity index (χ1v) is 13.6. The summed E-state index contributed by atoms with van der Waals surface area (Å²) in [6, 6.07) is 16.9. The summed E-state index contributed by atoms with van der Waals surface area (Å²) >= 11 is 17.4. The fraction of sp³-hybridized carbons (Fsp3) is 0.357. The highest BCUT2D eigenvalue weighted by molar-refractivity contribution is 6.31. The van der Waals surface area contributed by atoms with E-state index in [-0.39, 0.29) is 13.1 Å². The molecule has 1 saturated heterocycles. The Morgan fingerprint density at radius 2 is 1.02 bits per heavy atom. The van der Waals surface area contributed by atoms with Crippen LogP contribution in [0.25, 0.3) is 20.9 Å². The molecule has 0 spiro atoms. The lowest BCUT2D eigenvalue weighted by atomic mass is 10.1. The Morgan fingerprint density at radius 1 is 0.650 bits per heavy atom. The number of benzene rings is 3. The smallest absolute Gasteiger partial charge is 0.0511 e. The first-order chi connectivity index (χ1) is 19.2. The summed E-state index contributed by atoms with van der Waals surface area (Å²) in [5, 5.41) is 8.91. The molecule has 0 unspecified atom stereocenters. The van der Waals surface area contributed by atoms with Crippen molar-refractivity contribution in [3.63, 3.8) is 0 Å². The van der Waals surface area contributed by atoms with Gasteiger partial charge in [-0.05, 0) is 108 Å². The topological polar surface area (TPSA) is 159 Å². The van der Waals surface area contributed by atoms with Gasteiger partial charge in [0.2, 0.25) is 0 Å². The standard InChI is InChI=1S/C8H7ClN6.C8H11ClN2.C8H9Cl.C4H8O/c9-8-2-6(4-12-14-10)1-7(3-8)5-13-15-11;9-8-2-6(4-10)1-7(3-8)5-11;1-6-3-7(2)5-8(9)4-6;1-2-4-5-3-1/h1-3H,4-5H2;1-3H,4-5,10-11H2;3-5H,1-2H3;1-4H2. The molecule has 0 bridgehead atoms. The van der Waals surface area contributed by atoms with Crippen molar-refractivity contribution in [1.29, 1.82) is 0 Å². The van der Waals surface area contributed by atoms with Crippen molar-refractivity contribution in [3.8, 4) is 0 Å². The SMILES string of the molecule is C1CCOC1.Cc1cc(C)cc(Cl)c1.NCc1cc(Cl)cc(CN)c1.[N-]=[N+]=NCc1cc(Cl)cc(CN=[N+]=[N-])c1. The number of rotatable bonds is 6. The number of halogens is 3. The summed E-state index contributed by atoms with van der Waals surface area (Å²) in [5.41, 5.74) is 33.3. The fourth-order valence-corrected chi connectivity index (χ4v) is 4.41. The van der Waals surface area contributed by atoms with Crippen LogP contribution in [0, 0.1) is 13.8 Å². The predicted molar refractivity (Wildman–Crippen MR) is 165 cm³/mol. The van der Waals surface area contributed by atoms with Gasteiger partial charge in [0.1, 0.15) is 0 Å². The average Bonchev–Trinajstić information content (AvgIpc) is 3.50. The fourth-order valence-electron chi connectivity index (χ4n) is 3.51. The molecule has 0 aromatic heterocycles. The third-order valence-electron chi connectivity index (χ3n) is 5.15. The van der Waals surface area contributed by atoms with Crippen LogP contribution in [0.4, 0.5) is 0 Å². The first-order valence-electron chi connectivity index (χ1n) is 12.5. The van der Waals surface area contributed by atoms with E-state index in [2.05, 4.69) is 26.1 Å². The van der Waals surface area contributed by atoms with Gasteiger partial charge in [0.15, 0.2) is 0 Å². The highest BCUT2D eigenvalue weighted by Crippen LogP contribution is 2.17. The summed E-state index contributed by atoms with van der Waals surface area (Å²) in [5.74, 6) is 0. The molecule has 0 amide bonds. The third kappa shape index (κ3) is 16.2. The van der Waals surface area contributed by atoms with Crippen molar-refractivity contribution < 1.29 is 4.74 Å². The number of hydrogen-bond acceptors (Lipinski definition) is 5. The average molecular weight is 606 g/mol.